The van der Waals surface area contributed by atoms with Crippen LogP contribution in [0.15, 0.2) is 30.3 Å². The summed E-state index contributed by atoms with van der Waals surface area (Å²) in [4.78, 5) is 24.7. The van der Waals surface area contributed by atoms with Gasteiger partial charge >= 0.3 is 0 Å². The fourth-order valence-corrected chi connectivity index (χ4v) is 2.65. The second-order valence-corrected chi connectivity index (χ2v) is 6.06. The van der Waals surface area contributed by atoms with Gasteiger partial charge in [0, 0.05) is 17.2 Å². The third-order valence-corrected chi connectivity index (χ3v) is 4.17. The Bertz CT molecular complexity index is 953. The summed E-state index contributed by atoms with van der Waals surface area (Å²) in [7, 11) is 7.39. The Morgan fingerprint density at radius 2 is 1.35 bits per heavy atom. The first kappa shape index (κ1) is 23.6. The molecule has 2 rings (SSSR count). The fraction of sp³-hybridized carbons (Fsp3) is 0.304. The second kappa shape index (κ2) is 11.5. The van der Waals surface area contributed by atoms with Crippen molar-refractivity contribution in [3.63, 3.8) is 0 Å². The maximum absolute atomic E-state index is 12.5. The Labute approximate surface area is 181 Å². The summed E-state index contributed by atoms with van der Waals surface area (Å²) in [6, 6.07) is 8.05. The van der Waals surface area contributed by atoms with Crippen LogP contribution in [0, 0.1) is 11.8 Å². The molecule has 0 bridgehead atoms. The first-order valence-corrected chi connectivity index (χ1v) is 9.14. The number of hydrogen-bond donors (Lipinski definition) is 0. The molecule has 0 radical (unpaired) electrons. The highest BCUT2D eigenvalue weighted by atomic mass is 16.5. The molecular formula is C23H24O8. The number of ether oxygens (including phenoxy) is 6. The van der Waals surface area contributed by atoms with Crippen molar-refractivity contribution in [1.29, 1.82) is 0 Å². The van der Waals surface area contributed by atoms with Crippen LogP contribution in [0.25, 0.3) is 0 Å². The van der Waals surface area contributed by atoms with Gasteiger partial charge in [-0.1, -0.05) is 11.8 Å². The van der Waals surface area contributed by atoms with Crippen LogP contribution >= 0.6 is 0 Å². The Morgan fingerprint density at radius 3 is 1.84 bits per heavy atom. The highest BCUT2D eigenvalue weighted by molar-refractivity contribution is 6.44. The van der Waals surface area contributed by atoms with Gasteiger partial charge in [0.05, 0.1) is 35.5 Å². The van der Waals surface area contributed by atoms with Crippen LogP contribution in [0.1, 0.15) is 15.9 Å². The summed E-state index contributed by atoms with van der Waals surface area (Å²) in [6.07, 6.45) is 0. The summed E-state index contributed by atoms with van der Waals surface area (Å²) < 4.78 is 31.2. The van der Waals surface area contributed by atoms with Crippen LogP contribution in [-0.4, -0.2) is 60.3 Å². The lowest BCUT2D eigenvalue weighted by molar-refractivity contribution is -0.118. The number of carbonyl (C=O) groups is 2. The molecule has 31 heavy (non-hydrogen) atoms. The minimum Gasteiger partial charge on any atom is -0.497 e. The van der Waals surface area contributed by atoms with Crippen LogP contribution in [0.2, 0.25) is 0 Å². The Hall–Kier alpha value is -3.70. The van der Waals surface area contributed by atoms with Gasteiger partial charge in [0.2, 0.25) is 17.3 Å². The molecule has 0 saturated carbocycles. The zero-order valence-electron chi connectivity index (χ0n) is 18.1. The van der Waals surface area contributed by atoms with Gasteiger partial charge in [-0.05, 0) is 24.3 Å². The first-order valence-electron chi connectivity index (χ1n) is 9.14. The fourth-order valence-electron chi connectivity index (χ4n) is 2.65. The quantitative estimate of drug-likeness (QED) is 0.247. The molecule has 2 aromatic rings. The molecule has 0 spiro atoms. The van der Waals surface area contributed by atoms with Crippen molar-refractivity contribution in [3.05, 3.63) is 41.5 Å². The van der Waals surface area contributed by atoms with Crippen LogP contribution < -0.4 is 23.7 Å². The minimum absolute atomic E-state index is 0.0339. The van der Waals surface area contributed by atoms with Gasteiger partial charge in [0.1, 0.15) is 24.7 Å². The van der Waals surface area contributed by atoms with E-state index in [4.69, 9.17) is 28.4 Å². The molecule has 8 heteroatoms. The second-order valence-electron chi connectivity index (χ2n) is 6.06. The predicted octanol–water partition coefficient (Wildman–Crippen LogP) is 2.55. The summed E-state index contributed by atoms with van der Waals surface area (Å²) in [6.45, 7) is -0.445. The Balaban J connectivity index is 2.00. The number of Topliss-reactive ketones (excluding diaryl/α,β-unsaturated/α-hetero) is 2. The standard InChI is InChI=1S/C23H24O8/c1-26-17-9-15(10-18(13-17)27-2)7-6-8-31-14-19(24)22(25)16-11-20(28-3)23(30-5)21(12-16)29-4/h9-13H,8,14H2,1-5H3. The highest BCUT2D eigenvalue weighted by Gasteiger charge is 2.21. The van der Waals surface area contributed by atoms with Crippen LogP contribution in [0.4, 0.5) is 0 Å². The Kier molecular flexibility index (Phi) is 8.73. The SMILES string of the molecule is COc1cc(C#CCOCC(=O)C(=O)c2cc(OC)c(OC)c(OC)c2)cc(OC)c1. The molecule has 0 fully saturated rings. The zero-order chi connectivity index (χ0) is 22.8. The molecule has 0 amide bonds. The molecule has 2 aromatic carbocycles. The molecule has 0 unspecified atom stereocenters. The normalized spacial score (nSPS) is 9.84. The first-order chi connectivity index (χ1) is 15.0. The maximum Gasteiger partial charge on any atom is 0.231 e. The lowest BCUT2D eigenvalue weighted by atomic mass is 10.1. The number of hydrogen-bond acceptors (Lipinski definition) is 8. The molecule has 0 aliphatic rings. The number of carbonyl (C=O) groups excluding carboxylic acids is 2. The molecule has 0 aliphatic carbocycles. The summed E-state index contributed by atoms with van der Waals surface area (Å²) in [5, 5.41) is 0. The molecule has 0 saturated heterocycles. The van der Waals surface area contributed by atoms with Crippen molar-refractivity contribution in [3.8, 4) is 40.6 Å². The van der Waals surface area contributed by atoms with Crippen molar-refractivity contribution in [2.45, 2.75) is 0 Å². The van der Waals surface area contributed by atoms with Crippen LogP contribution in [0.5, 0.6) is 28.7 Å². The zero-order valence-corrected chi connectivity index (χ0v) is 18.1. The van der Waals surface area contributed by atoms with Crippen LogP contribution in [0.3, 0.4) is 0 Å². The van der Waals surface area contributed by atoms with E-state index in [-0.39, 0.29) is 23.7 Å². The topological polar surface area (TPSA) is 89.5 Å². The van der Waals surface area contributed by atoms with Gasteiger partial charge in [-0.15, -0.1) is 0 Å². The average Bonchev–Trinajstić information content (AvgIpc) is 2.81. The molecule has 0 aliphatic heterocycles. The van der Waals surface area contributed by atoms with Gasteiger partial charge in [-0.2, -0.15) is 0 Å². The van der Waals surface area contributed by atoms with Crippen molar-refractivity contribution in [2.24, 2.45) is 0 Å². The molecule has 0 heterocycles. The summed E-state index contributed by atoms with van der Waals surface area (Å²) >= 11 is 0. The number of rotatable bonds is 10. The van der Waals surface area contributed by atoms with Crippen molar-refractivity contribution >= 4 is 11.6 Å². The van der Waals surface area contributed by atoms with Gasteiger partial charge < -0.3 is 28.4 Å². The largest absolute Gasteiger partial charge is 0.497 e. The van der Waals surface area contributed by atoms with Crippen molar-refractivity contribution in [2.75, 3.05) is 48.8 Å². The van der Waals surface area contributed by atoms with E-state index in [1.54, 1.807) is 32.4 Å². The number of methoxy groups -OCH3 is 5. The van der Waals surface area contributed by atoms with Gasteiger partial charge in [-0.3, -0.25) is 9.59 Å². The van der Waals surface area contributed by atoms with E-state index < -0.39 is 18.2 Å². The van der Waals surface area contributed by atoms with Crippen molar-refractivity contribution in [1.82, 2.24) is 0 Å². The highest BCUT2D eigenvalue weighted by Crippen LogP contribution is 2.38. The van der Waals surface area contributed by atoms with Gasteiger partial charge in [0.25, 0.3) is 0 Å². The lowest BCUT2D eigenvalue weighted by Gasteiger charge is -2.13. The van der Waals surface area contributed by atoms with E-state index in [1.165, 1.54) is 33.5 Å². The van der Waals surface area contributed by atoms with E-state index >= 15 is 0 Å². The molecule has 164 valence electrons. The minimum atomic E-state index is -0.732. The van der Waals surface area contributed by atoms with E-state index in [9.17, 15) is 9.59 Å². The molecule has 0 N–H and O–H groups in total. The predicted molar refractivity (Wildman–Crippen MR) is 113 cm³/mol. The third-order valence-electron chi connectivity index (χ3n) is 4.17. The smallest absolute Gasteiger partial charge is 0.231 e. The number of ketones is 2. The van der Waals surface area contributed by atoms with Crippen molar-refractivity contribution < 1.29 is 38.0 Å². The Morgan fingerprint density at radius 1 is 0.774 bits per heavy atom. The molecule has 8 nitrogen and oxygen atoms in total. The van der Waals surface area contributed by atoms with E-state index in [0.717, 1.165) is 0 Å². The average molecular weight is 428 g/mol. The lowest BCUT2D eigenvalue weighted by Crippen LogP contribution is -2.20. The monoisotopic (exact) mass is 428 g/mol. The summed E-state index contributed by atoms with van der Waals surface area (Å²) in [5.41, 5.74) is 0.775. The van der Waals surface area contributed by atoms with E-state index in [2.05, 4.69) is 11.8 Å². The van der Waals surface area contributed by atoms with Gasteiger partial charge in [0.15, 0.2) is 11.5 Å². The van der Waals surface area contributed by atoms with E-state index in [1.807, 2.05) is 0 Å². The third kappa shape index (κ3) is 6.14. The number of benzene rings is 2. The maximum atomic E-state index is 12.5. The summed E-state index contributed by atoms with van der Waals surface area (Å²) in [5.74, 6) is 6.32. The van der Waals surface area contributed by atoms with Crippen LogP contribution in [-0.2, 0) is 9.53 Å². The van der Waals surface area contributed by atoms with Gasteiger partial charge in [-0.25, -0.2) is 0 Å². The molecule has 0 atom stereocenters. The van der Waals surface area contributed by atoms with E-state index in [0.29, 0.717) is 22.8 Å². The molecular weight excluding hydrogens is 404 g/mol. The molecule has 0 aromatic heterocycles.